The maximum atomic E-state index is 11.2. The summed E-state index contributed by atoms with van der Waals surface area (Å²) in [4.78, 5) is 1.16. The Morgan fingerprint density at radius 1 is 1.31 bits per heavy atom. The van der Waals surface area contributed by atoms with Crippen LogP contribution < -0.4 is 4.72 Å². The molecule has 0 bridgehead atoms. The maximum Gasteiger partial charge on any atom is 0.211 e. The van der Waals surface area contributed by atoms with Gasteiger partial charge in [0.05, 0.1) is 5.75 Å². The maximum absolute atomic E-state index is 11.2. The van der Waals surface area contributed by atoms with Gasteiger partial charge in [-0.1, -0.05) is 25.1 Å². The van der Waals surface area contributed by atoms with Crippen molar-refractivity contribution in [1.82, 2.24) is 4.72 Å². The topological polar surface area (TPSA) is 46.2 Å². The summed E-state index contributed by atoms with van der Waals surface area (Å²) in [5, 5.41) is 0.226. The summed E-state index contributed by atoms with van der Waals surface area (Å²) >= 11 is 1.67. The molecule has 0 spiro atoms. The normalized spacial score (nSPS) is 13.6. The zero-order valence-corrected chi connectivity index (χ0v) is 11.1. The van der Waals surface area contributed by atoms with Crippen molar-refractivity contribution in [2.24, 2.45) is 0 Å². The van der Waals surface area contributed by atoms with Gasteiger partial charge in [0, 0.05) is 16.7 Å². The van der Waals surface area contributed by atoms with E-state index in [0.717, 1.165) is 4.90 Å². The van der Waals surface area contributed by atoms with Crippen LogP contribution >= 0.6 is 11.8 Å². The minimum Gasteiger partial charge on any atom is -0.214 e. The molecule has 0 amide bonds. The smallest absolute Gasteiger partial charge is 0.211 e. The number of hydrogen-bond acceptors (Lipinski definition) is 3. The molecule has 16 heavy (non-hydrogen) atoms. The lowest BCUT2D eigenvalue weighted by atomic mass is 10.4. The second kappa shape index (κ2) is 6.27. The van der Waals surface area contributed by atoms with E-state index in [0.29, 0.717) is 6.54 Å². The lowest BCUT2D eigenvalue weighted by Gasteiger charge is -2.11. The quantitative estimate of drug-likeness (QED) is 0.796. The first-order valence-electron chi connectivity index (χ1n) is 5.22. The third-order valence-corrected chi connectivity index (χ3v) is 4.53. The van der Waals surface area contributed by atoms with E-state index in [-0.39, 0.29) is 11.0 Å². The van der Waals surface area contributed by atoms with Gasteiger partial charge in [-0.2, -0.15) is 0 Å². The van der Waals surface area contributed by atoms with Crippen molar-refractivity contribution in [2.75, 3.05) is 12.3 Å². The van der Waals surface area contributed by atoms with E-state index in [1.807, 2.05) is 37.3 Å². The Kier molecular flexibility index (Phi) is 5.31. The molecular formula is C11H17NO2S2. The highest BCUT2D eigenvalue weighted by Crippen LogP contribution is 2.21. The molecule has 1 atom stereocenters. The van der Waals surface area contributed by atoms with Gasteiger partial charge >= 0.3 is 0 Å². The molecule has 0 unspecified atom stereocenters. The van der Waals surface area contributed by atoms with Crippen molar-refractivity contribution >= 4 is 21.8 Å². The molecule has 0 aliphatic heterocycles. The highest BCUT2D eigenvalue weighted by Gasteiger charge is 2.09. The molecule has 0 saturated heterocycles. The van der Waals surface area contributed by atoms with Crippen molar-refractivity contribution < 1.29 is 8.42 Å². The highest BCUT2D eigenvalue weighted by atomic mass is 32.2. The van der Waals surface area contributed by atoms with Crippen LogP contribution in [0.15, 0.2) is 35.2 Å². The zero-order valence-electron chi connectivity index (χ0n) is 9.51. The van der Waals surface area contributed by atoms with Crippen LogP contribution in [0.5, 0.6) is 0 Å². The molecule has 0 radical (unpaired) electrons. The second-order valence-corrected chi connectivity index (χ2v) is 7.10. The number of sulfonamides is 1. The van der Waals surface area contributed by atoms with Crippen LogP contribution in [-0.2, 0) is 10.0 Å². The molecule has 0 aliphatic carbocycles. The highest BCUT2D eigenvalue weighted by molar-refractivity contribution is 8.00. The molecule has 1 aromatic rings. The van der Waals surface area contributed by atoms with E-state index in [9.17, 15) is 8.42 Å². The Hall–Kier alpha value is -0.520. The van der Waals surface area contributed by atoms with Gasteiger partial charge in [0.2, 0.25) is 10.0 Å². The van der Waals surface area contributed by atoms with Gasteiger partial charge in [0.15, 0.2) is 0 Å². The van der Waals surface area contributed by atoms with Gasteiger partial charge in [-0.15, -0.1) is 11.8 Å². The van der Waals surface area contributed by atoms with E-state index in [1.54, 1.807) is 18.7 Å². The summed E-state index contributed by atoms with van der Waals surface area (Å²) in [6, 6.07) is 9.97. The van der Waals surface area contributed by atoms with Crippen molar-refractivity contribution in [3.8, 4) is 0 Å². The largest absolute Gasteiger partial charge is 0.214 e. The molecule has 0 aliphatic rings. The molecule has 0 fully saturated rings. The summed E-state index contributed by atoms with van der Waals surface area (Å²) in [6.45, 7) is 4.11. The fourth-order valence-corrected chi connectivity index (χ4v) is 2.88. The molecule has 5 heteroatoms. The third-order valence-electron chi connectivity index (χ3n) is 2.05. The first-order chi connectivity index (χ1) is 7.53. The Bertz CT molecular complexity index is 403. The minimum absolute atomic E-state index is 0.135. The van der Waals surface area contributed by atoms with Crippen LogP contribution in [0.25, 0.3) is 0 Å². The van der Waals surface area contributed by atoms with E-state index < -0.39 is 10.0 Å². The number of hydrogen-bond donors (Lipinski definition) is 1. The Labute approximate surface area is 102 Å². The zero-order chi connectivity index (χ0) is 12.0. The van der Waals surface area contributed by atoms with E-state index in [2.05, 4.69) is 4.72 Å². The molecule has 1 N–H and O–H groups in total. The van der Waals surface area contributed by atoms with Crippen LogP contribution in [-0.4, -0.2) is 26.0 Å². The van der Waals surface area contributed by atoms with Crippen LogP contribution in [0.4, 0.5) is 0 Å². The first-order valence-corrected chi connectivity index (χ1v) is 7.75. The van der Waals surface area contributed by atoms with Gasteiger partial charge in [0.1, 0.15) is 0 Å². The number of nitrogens with one attached hydrogen (secondary N) is 1. The molecular weight excluding hydrogens is 242 g/mol. The average molecular weight is 259 g/mol. The van der Waals surface area contributed by atoms with Gasteiger partial charge in [-0.05, 0) is 19.1 Å². The van der Waals surface area contributed by atoms with Crippen LogP contribution in [0.3, 0.4) is 0 Å². The van der Waals surface area contributed by atoms with Crippen LogP contribution in [0.1, 0.15) is 13.8 Å². The van der Waals surface area contributed by atoms with Crippen LogP contribution in [0, 0.1) is 0 Å². The summed E-state index contributed by atoms with van der Waals surface area (Å²) in [5.74, 6) is 0.135. The standard InChI is InChI=1S/C11H17NO2S2/c1-3-16(13,14)12-9-10(2)15-11-7-5-4-6-8-11/h4-8,10,12H,3,9H2,1-2H3/t10-/m1/s1. The lowest BCUT2D eigenvalue weighted by Crippen LogP contribution is -2.30. The predicted octanol–water partition coefficient (Wildman–Crippen LogP) is 2.11. The van der Waals surface area contributed by atoms with Crippen molar-refractivity contribution in [3.63, 3.8) is 0 Å². The fourth-order valence-electron chi connectivity index (χ4n) is 1.12. The fraction of sp³-hybridized carbons (Fsp3) is 0.455. The Morgan fingerprint density at radius 2 is 1.94 bits per heavy atom. The summed E-state index contributed by atoms with van der Waals surface area (Å²) in [6.07, 6.45) is 0. The van der Waals surface area contributed by atoms with Gasteiger partial charge in [-0.25, -0.2) is 13.1 Å². The molecule has 1 aromatic carbocycles. The molecule has 0 saturated carbocycles. The van der Waals surface area contributed by atoms with E-state index in [1.165, 1.54) is 0 Å². The molecule has 0 heterocycles. The third kappa shape index (κ3) is 5.01. The SMILES string of the molecule is CCS(=O)(=O)NC[C@@H](C)Sc1ccccc1. The number of benzene rings is 1. The lowest BCUT2D eigenvalue weighted by molar-refractivity contribution is 0.582. The van der Waals surface area contributed by atoms with E-state index >= 15 is 0 Å². The number of thioether (sulfide) groups is 1. The first kappa shape index (κ1) is 13.5. The minimum atomic E-state index is -3.07. The summed E-state index contributed by atoms with van der Waals surface area (Å²) in [7, 11) is -3.07. The van der Waals surface area contributed by atoms with Gasteiger partial charge < -0.3 is 0 Å². The number of rotatable bonds is 6. The Balaban J connectivity index is 2.40. The van der Waals surface area contributed by atoms with Crippen molar-refractivity contribution in [2.45, 2.75) is 24.0 Å². The predicted molar refractivity (Wildman–Crippen MR) is 69.2 cm³/mol. The summed E-state index contributed by atoms with van der Waals surface area (Å²) < 4.78 is 25.1. The van der Waals surface area contributed by atoms with Crippen molar-refractivity contribution in [1.29, 1.82) is 0 Å². The molecule has 3 nitrogen and oxygen atoms in total. The van der Waals surface area contributed by atoms with Crippen molar-refractivity contribution in [3.05, 3.63) is 30.3 Å². The summed E-state index contributed by atoms with van der Waals surface area (Å²) in [5.41, 5.74) is 0. The second-order valence-electron chi connectivity index (χ2n) is 3.49. The van der Waals surface area contributed by atoms with Crippen LogP contribution in [0.2, 0.25) is 0 Å². The molecule has 0 aromatic heterocycles. The average Bonchev–Trinajstić information content (AvgIpc) is 2.28. The van der Waals surface area contributed by atoms with Gasteiger partial charge in [0.25, 0.3) is 0 Å². The molecule has 90 valence electrons. The Morgan fingerprint density at radius 3 is 2.50 bits per heavy atom. The van der Waals surface area contributed by atoms with Gasteiger partial charge in [-0.3, -0.25) is 0 Å². The molecule has 1 rings (SSSR count). The monoisotopic (exact) mass is 259 g/mol. The van der Waals surface area contributed by atoms with E-state index in [4.69, 9.17) is 0 Å².